The molecule has 1 aromatic carbocycles. The topological polar surface area (TPSA) is 378 Å². The highest BCUT2D eigenvalue weighted by Gasteiger charge is 2.39. The fourth-order valence-electron chi connectivity index (χ4n) is 7.23. The highest BCUT2D eigenvalue weighted by molar-refractivity contribution is 7.80. The molecule has 1 aliphatic heterocycles. The van der Waals surface area contributed by atoms with Gasteiger partial charge in [0.1, 0.15) is 48.3 Å². The summed E-state index contributed by atoms with van der Waals surface area (Å²) in [6, 6.07) is -1.83. The average molecular weight is 1010 g/mol. The fraction of sp³-hybridized carbons (Fsp3) is 0.636. The van der Waals surface area contributed by atoms with Gasteiger partial charge in [0.2, 0.25) is 47.3 Å². The van der Waals surface area contributed by atoms with Crippen molar-refractivity contribution in [1.29, 1.82) is 0 Å². The number of rotatable bonds is 30. The van der Waals surface area contributed by atoms with Gasteiger partial charge in [-0.05, 0) is 83.2 Å². The molecule has 8 amide bonds. The first-order valence-electron chi connectivity index (χ1n) is 23.1. The summed E-state index contributed by atoms with van der Waals surface area (Å²) in [6.45, 7) is 7.12. The largest absolute Gasteiger partial charge is 0.480 e. The number of carbonyl (C=O) groups excluding carboxylic acids is 8. The van der Waals surface area contributed by atoms with E-state index in [9.17, 15) is 48.3 Å². The summed E-state index contributed by atoms with van der Waals surface area (Å²) < 4.78 is 0. The number of thiol groups is 2. The minimum Gasteiger partial charge on any atom is -0.480 e. The predicted molar refractivity (Wildman–Crippen MR) is 265 cm³/mol. The van der Waals surface area contributed by atoms with Gasteiger partial charge in [0.15, 0.2) is 5.96 Å². The molecule has 0 saturated carbocycles. The van der Waals surface area contributed by atoms with Crippen molar-refractivity contribution in [2.24, 2.45) is 33.8 Å². The van der Waals surface area contributed by atoms with Crippen LogP contribution in [0.3, 0.4) is 0 Å². The summed E-state index contributed by atoms with van der Waals surface area (Å²) in [6.07, 6.45) is 2.27. The summed E-state index contributed by atoms with van der Waals surface area (Å²) in [5.41, 5.74) is 23.1. The first-order chi connectivity index (χ1) is 32.6. The Morgan fingerprint density at radius 2 is 1.23 bits per heavy atom. The molecule has 0 aliphatic carbocycles. The Labute approximate surface area is 414 Å². The SMILES string of the molecule is CC(C)C[C@H](NC(=O)[C@H](CCCCN)NC(=O)[C@H](C)N)C(=O)N[C@@H](CCCN=C(N)N)C(=O)N[C@@H](Cc1ccccc1)C(=O)N[C@@H](C)C(=O)N[C@H](CS)C(=O)N1CCC[C@H]1C(=O)N[C@@H](CS)C(=O)O. The number of amides is 8. The lowest BCUT2D eigenvalue weighted by Crippen LogP contribution is -2.60. The van der Waals surface area contributed by atoms with Gasteiger partial charge in [0, 0.05) is 31.0 Å². The van der Waals surface area contributed by atoms with E-state index in [4.69, 9.17) is 22.9 Å². The van der Waals surface area contributed by atoms with Crippen molar-refractivity contribution in [2.45, 2.75) is 140 Å². The molecule has 23 nitrogen and oxygen atoms in total. The average Bonchev–Trinajstić information content (AvgIpc) is 3.80. The van der Waals surface area contributed by atoms with Crippen LogP contribution in [0.5, 0.6) is 0 Å². The normalized spacial score (nSPS) is 16.8. The van der Waals surface area contributed by atoms with Crippen molar-refractivity contribution in [3.8, 4) is 0 Å². The third-order valence-corrected chi connectivity index (χ3v) is 11.7. The maximum Gasteiger partial charge on any atom is 0.327 e. The minimum absolute atomic E-state index is 0.0185. The van der Waals surface area contributed by atoms with E-state index in [0.29, 0.717) is 31.4 Å². The van der Waals surface area contributed by atoms with Gasteiger partial charge >= 0.3 is 5.97 Å². The molecular formula is C44H73N13O10S2. The molecule has 0 aromatic heterocycles. The molecule has 1 aliphatic rings. The number of unbranched alkanes of at least 4 members (excludes halogenated alkanes) is 1. The van der Waals surface area contributed by atoms with E-state index in [-0.39, 0.29) is 75.0 Å². The minimum atomic E-state index is -1.32. The number of carboxylic acid groups (broad SMARTS) is 1. The van der Waals surface area contributed by atoms with Gasteiger partial charge in [-0.15, -0.1) is 0 Å². The number of carboxylic acids is 1. The summed E-state index contributed by atoms with van der Waals surface area (Å²) >= 11 is 8.23. The van der Waals surface area contributed by atoms with E-state index >= 15 is 0 Å². The smallest absolute Gasteiger partial charge is 0.327 e. The molecule has 16 N–H and O–H groups in total. The Kier molecular flexibility index (Phi) is 26.5. The summed E-state index contributed by atoms with van der Waals surface area (Å²) in [7, 11) is 0. The zero-order chi connectivity index (χ0) is 51.8. The Balaban J connectivity index is 2.36. The van der Waals surface area contributed by atoms with Crippen molar-refractivity contribution in [3.63, 3.8) is 0 Å². The second-order valence-electron chi connectivity index (χ2n) is 17.3. The zero-order valence-corrected chi connectivity index (χ0v) is 41.6. The molecule has 0 unspecified atom stereocenters. The molecule has 1 saturated heterocycles. The van der Waals surface area contributed by atoms with Crippen molar-refractivity contribution >= 4 is 84.4 Å². The number of likely N-dealkylation sites (tertiary alicyclic amines) is 1. The van der Waals surface area contributed by atoms with Gasteiger partial charge < -0.3 is 70.2 Å². The van der Waals surface area contributed by atoms with Gasteiger partial charge in [-0.3, -0.25) is 43.3 Å². The van der Waals surface area contributed by atoms with Gasteiger partial charge in [-0.1, -0.05) is 44.2 Å². The van der Waals surface area contributed by atoms with Crippen LogP contribution >= 0.6 is 25.3 Å². The number of benzene rings is 1. The van der Waals surface area contributed by atoms with Crippen LogP contribution < -0.4 is 60.2 Å². The monoisotopic (exact) mass is 1010 g/mol. The Hall–Kier alpha value is -5.66. The molecule has 25 heteroatoms. The lowest BCUT2D eigenvalue weighted by Gasteiger charge is -2.29. The predicted octanol–water partition coefficient (Wildman–Crippen LogP) is -2.85. The number of hydrogen-bond acceptors (Lipinski definition) is 14. The van der Waals surface area contributed by atoms with Gasteiger partial charge in [0.25, 0.3) is 0 Å². The molecule has 386 valence electrons. The van der Waals surface area contributed by atoms with Gasteiger partial charge in [-0.2, -0.15) is 25.3 Å². The van der Waals surface area contributed by atoms with Crippen molar-refractivity contribution in [1.82, 2.24) is 42.1 Å². The Morgan fingerprint density at radius 3 is 1.78 bits per heavy atom. The van der Waals surface area contributed by atoms with Crippen LogP contribution in [0.1, 0.15) is 84.6 Å². The molecule has 2 rings (SSSR count). The molecule has 0 spiro atoms. The lowest BCUT2D eigenvalue weighted by molar-refractivity contribution is -0.144. The number of guanidine groups is 1. The number of nitrogens with zero attached hydrogens (tertiary/aromatic N) is 2. The number of nitrogens with two attached hydrogens (primary N) is 4. The summed E-state index contributed by atoms with van der Waals surface area (Å²) in [4.78, 5) is 126. The maximum absolute atomic E-state index is 14.3. The van der Waals surface area contributed by atoms with Crippen molar-refractivity contribution < 1.29 is 48.3 Å². The number of aliphatic carboxylic acids is 1. The Bertz CT molecular complexity index is 1930. The maximum atomic E-state index is 14.3. The third kappa shape index (κ3) is 20.8. The van der Waals surface area contributed by atoms with Crippen LogP contribution in [-0.2, 0) is 49.6 Å². The summed E-state index contributed by atoms with van der Waals surface area (Å²) in [5.74, 6) is -7.57. The van der Waals surface area contributed by atoms with E-state index < -0.39 is 108 Å². The van der Waals surface area contributed by atoms with Crippen molar-refractivity contribution in [2.75, 3.05) is 31.1 Å². The molecule has 1 fully saturated rings. The van der Waals surface area contributed by atoms with Crippen LogP contribution in [0.4, 0.5) is 0 Å². The molecule has 9 atom stereocenters. The van der Waals surface area contributed by atoms with Gasteiger partial charge in [0.05, 0.1) is 6.04 Å². The zero-order valence-electron chi connectivity index (χ0n) is 39.8. The molecule has 0 bridgehead atoms. The number of nitrogens with one attached hydrogen (secondary N) is 7. The molecule has 1 heterocycles. The first-order valence-corrected chi connectivity index (χ1v) is 24.3. The second kappa shape index (κ2) is 30.7. The molecule has 1 aromatic rings. The third-order valence-electron chi connectivity index (χ3n) is 11.0. The first kappa shape index (κ1) is 59.5. The Morgan fingerprint density at radius 1 is 0.696 bits per heavy atom. The van der Waals surface area contributed by atoms with Crippen molar-refractivity contribution in [3.05, 3.63) is 35.9 Å². The molecule has 69 heavy (non-hydrogen) atoms. The van der Waals surface area contributed by atoms with Crippen LogP contribution in [-0.4, -0.2) is 155 Å². The quantitative estimate of drug-likeness (QED) is 0.0160. The molecule has 0 radical (unpaired) electrons. The van der Waals surface area contributed by atoms with E-state index in [1.54, 1.807) is 30.3 Å². The highest BCUT2D eigenvalue weighted by atomic mass is 32.1. The number of aliphatic imine (C=N–C) groups is 1. The van der Waals surface area contributed by atoms with Crippen LogP contribution in [0.2, 0.25) is 0 Å². The molecular weight excluding hydrogens is 935 g/mol. The van der Waals surface area contributed by atoms with Crippen LogP contribution in [0.25, 0.3) is 0 Å². The fourth-order valence-corrected chi connectivity index (χ4v) is 7.73. The van der Waals surface area contributed by atoms with E-state index in [0.717, 1.165) is 0 Å². The van der Waals surface area contributed by atoms with E-state index in [2.05, 4.69) is 67.5 Å². The van der Waals surface area contributed by atoms with E-state index in [1.807, 2.05) is 13.8 Å². The highest BCUT2D eigenvalue weighted by Crippen LogP contribution is 2.20. The van der Waals surface area contributed by atoms with Crippen LogP contribution in [0.15, 0.2) is 35.3 Å². The second-order valence-corrected chi connectivity index (χ2v) is 18.1. The van der Waals surface area contributed by atoms with E-state index in [1.165, 1.54) is 18.7 Å². The number of carbonyl (C=O) groups is 9. The number of hydrogen-bond donors (Lipinski definition) is 14. The standard InChI is InChI=1S/C44H73N13O10S2/c1-24(2)20-30(53-37(60)28(14-8-9-17-45)51-35(58)25(3)46)40(63)52-29(15-10-18-49-44(47)48)38(61)54-31(21-27-12-6-5-7-13-27)39(62)50-26(4)36(59)55-32(22-68)42(65)57-19-11-16-34(57)41(64)56-33(23-69)43(66)67/h5-7,12-13,24-26,28-34,68-69H,8-11,14-23,45-46H2,1-4H3,(H,50,62)(H,51,58)(H,52,63)(H,53,60)(H,54,61)(H,55,59)(H,56,64)(H,66,67)(H4,47,48,49)/t25-,26-,28-,29-,30-,31-,32+,33-,34-/m0/s1. The lowest BCUT2D eigenvalue weighted by atomic mass is 10.0. The van der Waals surface area contributed by atoms with Crippen LogP contribution in [0, 0.1) is 5.92 Å². The van der Waals surface area contributed by atoms with Gasteiger partial charge in [-0.25, -0.2) is 4.79 Å². The summed E-state index contributed by atoms with van der Waals surface area (Å²) in [5, 5.41) is 27.7.